The molecule has 1 amide bonds. The predicted octanol–water partition coefficient (Wildman–Crippen LogP) is 4.43. The summed E-state index contributed by atoms with van der Waals surface area (Å²) in [4.78, 5) is 12.2. The summed E-state index contributed by atoms with van der Waals surface area (Å²) in [6, 6.07) is 15.0. The number of benzene rings is 2. The highest BCUT2D eigenvalue weighted by molar-refractivity contribution is 6.31. The summed E-state index contributed by atoms with van der Waals surface area (Å²) in [7, 11) is 0. The number of aromatic nitrogens is 2. The third-order valence-electron chi connectivity index (χ3n) is 4.43. The van der Waals surface area contributed by atoms with Crippen LogP contribution in [0, 0.1) is 18.3 Å². The SMILES string of the molecule is Cc1c(Cc2cccc(C(=O)NC(C)C)c2)cnn1-c1ccc(C#N)c(Cl)c1. The predicted molar refractivity (Wildman–Crippen MR) is 110 cm³/mol. The first-order chi connectivity index (χ1) is 13.4. The van der Waals surface area contributed by atoms with Crippen LogP contribution in [0.25, 0.3) is 5.69 Å². The monoisotopic (exact) mass is 392 g/mol. The van der Waals surface area contributed by atoms with Gasteiger partial charge in [-0.2, -0.15) is 10.4 Å². The molecule has 0 unspecified atom stereocenters. The topological polar surface area (TPSA) is 70.7 Å². The third kappa shape index (κ3) is 4.24. The molecule has 0 saturated heterocycles. The second-order valence-corrected chi connectivity index (χ2v) is 7.36. The van der Waals surface area contributed by atoms with Gasteiger partial charge >= 0.3 is 0 Å². The van der Waals surface area contributed by atoms with Gasteiger partial charge in [-0.15, -0.1) is 0 Å². The van der Waals surface area contributed by atoms with Gasteiger partial charge in [0.05, 0.1) is 22.5 Å². The Kier molecular flexibility index (Phi) is 5.81. The van der Waals surface area contributed by atoms with Crippen molar-refractivity contribution >= 4 is 17.5 Å². The minimum absolute atomic E-state index is 0.0727. The van der Waals surface area contributed by atoms with Gasteiger partial charge < -0.3 is 5.32 Å². The van der Waals surface area contributed by atoms with Crippen LogP contribution >= 0.6 is 11.6 Å². The van der Waals surface area contributed by atoms with E-state index in [0.29, 0.717) is 22.6 Å². The fourth-order valence-corrected chi connectivity index (χ4v) is 3.21. The Hall–Kier alpha value is -3.10. The van der Waals surface area contributed by atoms with Gasteiger partial charge in [0.2, 0.25) is 0 Å². The van der Waals surface area contributed by atoms with Crippen LogP contribution in [0.1, 0.15) is 46.6 Å². The molecule has 3 rings (SSSR count). The molecule has 1 heterocycles. The molecule has 0 radical (unpaired) electrons. The summed E-state index contributed by atoms with van der Waals surface area (Å²) in [5.74, 6) is -0.0727. The van der Waals surface area contributed by atoms with Crippen molar-refractivity contribution in [3.63, 3.8) is 0 Å². The molecular weight excluding hydrogens is 372 g/mol. The van der Waals surface area contributed by atoms with Gasteiger partial charge in [0.15, 0.2) is 0 Å². The Morgan fingerprint density at radius 2 is 2.07 bits per heavy atom. The van der Waals surface area contributed by atoms with Gasteiger partial charge in [-0.25, -0.2) is 4.68 Å². The van der Waals surface area contributed by atoms with E-state index < -0.39 is 0 Å². The molecule has 0 atom stereocenters. The van der Waals surface area contributed by atoms with Crippen LogP contribution in [0.15, 0.2) is 48.7 Å². The number of nitriles is 1. The van der Waals surface area contributed by atoms with Crippen molar-refractivity contribution in [2.75, 3.05) is 0 Å². The molecule has 0 aliphatic heterocycles. The highest BCUT2D eigenvalue weighted by Gasteiger charge is 2.12. The molecular formula is C22H21ClN4O. The Labute approximate surface area is 169 Å². The average Bonchev–Trinajstić information content (AvgIpc) is 3.02. The maximum atomic E-state index is 12.2. The number of nitrogens with zero attached hydrogens (tertiary/aromatic N) is 3. The van der Waals surface area contributed by atoms with Crippen LogP contribution in [0.3, 0.4) is 0 Å². The second kappa shape index (κ2) is 8.28. The van der Waals surface area contributed by atoms with E-state index in [0.717, 1.165) is 22.5 Å². The molecule has 142 valence electrons. The van der Waals surface area contributed by atoms with Gasteiger partial charge in [0.25, 0.3) is 5.91 Å². The van der Waals surface area contributed by atoms with Crippen molar-refractivity contribution in [1.29, 1.82) is 5.26 Å². The molecule has 6 heteroatoms. The molecule has 3 aromatic rings. The minimum atomic E-state index is -0.0727. The molecule has 2 aromatic carbocycles. The van der Waals surface area contributed by atoms with Gasteiger partial charge in [0, 0.05) is 23.7 Å². The van der Waals surface area contributed by atoms with E-state index in [2.05, 4.69) is 16.5 Å². The van der Waals surface area contributed by atoms with Crippen molar-refractivity contribution in [2.45, 2.75) is 33.2 Å². The third-order valence-corrected chi connectivity index (χ3v) is 4.75. The molecule has 0 aliphatic rings. The number of halogens is 1. The lowest BCUT2D eigenvalue weighted by Gasteiger charge is -2.10. The number of hydrogen-bond donors (Lipinski definition) is 1. The van der Waals surface area contributed by atoms with Crippen molar-refractivity contribution < 1.29 is 4.79 Å². The molecule has 28 heavy (non-hydrogen) atoms. The zero-order valence-electron chi connectivity index (χ0n) is 16.0. The Balaban J connectivity index is 1.85. The fourth-order valence-electron chi connectivity index (χ4n) is 2.99. The first-order valence-electron chi connectivity index (χ1n) is 9.02. The summed E-state index contributed by atoms with van der Waals surface area (Å²) in [5, 5.41) is 16.8. The standard InChI is InChI=1S/C22H21ClN4O/c1-14(2)26-22(28)17-6-4-5-16(9-17)10-19-13-25-27(15(19)3)20-8-7-18(12-24)21(23)11-20/h4-9,11,13-14H,10H2,1-3H3,(H,26,28). The van der Waals surface area contributed by atoms with Crippen LogP contribution in [0.5, 0.6) is 0 Å². The van der Waals surface area contributed by atoms with E-state index >= 15 is 0 Å². The van der Waals surface area contributed by atoms with Crippen molar-refractivity contribution in [1.82, 2.24) is 15.1 Å². The second-order valence-electron chi connectivity index (χ2n) is 6.95. The lowest BCUT2D eigenvalue weighted by atomic mass is 10.0. The van der Waals surface area contributed by atoms with Crippen LogP contribution in [0.4, 0.5) is 0 Å². The van der Waals surface area contributed by atoms with Crippen molar-refractivity contribution in [2.24, 2.45) is 0 Å². The maximum Gasteiger partial charge on any atom is 0.251 e. The number of hydrogen-bond acceptors (Lipinski definition) is 3. The lowest BCUT2D eigenvalue weighted by molar-refractivity contribution is 0.0943. The highest BCUT2D eigenvalue weighted by Crippen LogP contribution is 2.22. The van der Waals surface area contributed by atoms with E-state index in [1.54, 1.807) is 16.8 Å². The number of carbonyl (C=O) groups excluding carboxylic acids is 1. The number of carbonyl (C=O) groups is 1. The van der Waals surface area contributed by atoms with Gasteiger partial charge in [-0.1, -0.05) is 23.7 Å². The molecule has 0 bridgehead atoms. The summed E-state index contributed by atoms with van der Waals surface area (Å²) >= 11 is 6.15. The maximum absolute atomic E-state index is 12.2. The van der Waals surface area contributed by atoms with E-state index in [1.807, 2.05) is 57.3 Å². The van der Waals surface area contributed by atoms with E-state index in [9.17, 15) is 4.79 Å². The summed E-state index contributed by atoms with van der Waals surface area (Å²) in [6.45, 7) is 5.87. The van der Waals surface area contributed by atoms with E-state index in [1.165, 1.54) is 0 Å². The molecule has 1 N–H and O–H groups in total. The number of nitrogens with one attached hydrogen (secondary N) is 1. The molecule has 0 fully saturated rings. The number of rotatable bonds is 5. The Morgan fingerprint density at radius 3 is 2.75 bits per heavy atom. The van der Waals surface area contributed by atoms with E-state index in [-0.39, 0.29) is 11.9 Å². The largest absolute Gasteiger partial charge is 0.350 e. The van der Waals surface area contributed by atoms with Gasteiger partial charge in [0.1, 0.15) is 6.07 Å². The normalized spacial score (nSPS) is 10.7. The Morgan fingerprint density at radius 1 is 1.29 bits per heavy atom. The molecule has 5 nitrogen and oxygen atoms in total. The molecule has 0 spiro atoms. The van der Waals surface area contributed by atoms with E-state index in [4.69, 9.17) is 16.9 Å². The van der Waals surface area contributed by atoms with Crippen LogP contribution in [-0.2, 0) is 6.42 Å². The smallest absolute Gasteiger partial charge is 0.251 e. The van der Waals surface area contributed by atoms with Crippen LogP contribution < -0.4 is 5.32 Å². The first kappa shape index (κ1) is 19.7. The fraction of sp³-hybridized carbons (Fsp3) is 0.227. The minimum Gasteiger partial charge on any atom is -0.350 e. The number of amides is 1. The zero-order valence-corrected chi connectivity index (χ0v) is 16.8. The molecule has 0 aliphatic carbocycles. The zero-order chi connectivity index (χ0) is 20.3. The van der Waals surface area contributed by atoms with Gasteiger partial charge in [-0.3, -0.25) is 4.79 Å². The Bertz CT molecular complexity index is 1060. The summed E-state index contributed by atoms with van der Waals surface area (Å²) < 4.78 is 1.80. The average molecular weight is 393 g/mol. The first-order valence-corrected chi connectivity index (χ1v) is 9.40. The highest BCUT2D eigenvalue weighted by atomic mass is 35.5. The summed E-state index contributed by atoms with van der Waals surface area (Å²) in [5.41, 5.74) is 4.97. The van der Waals surface area contributed by atoms with Crippen LogP contribution in [-0.4, -0.2) is 21.7 Å². The quantitative estimate of drug-likeness (QED) is 0.697. The lowest BCUT2D eigenvalue weighted by Crippen LogP contribution is -2.30. The van der Waals surface area contributed by atoms with Gasteiger partial charge in [-0.05, 0) is 62.2 Å². The summed E-state index contributed by atoms with van der Waals surface area (Å²) in [6.07, 6.45) is 2.49. The molecule has 1 aromatic heterocycles. The van der Waals surface area contributed by atoms with Crippen molar-refractivity contribution in [3.05, 3.63) is 81.6 Å². The van der Waals surface area contributed by atoms with Crippen molar-refractivity contribution in [3.8, 4) is 11.8 Å². The van der Waals surface area contributed by atoms with Crippen LogP contribution in [0.2, 0.25) is 5.02 Å². The molecule has 0 saturated carbocycles.